The average Bonchev–Trinajstić information content (AvgIpc) is 1.16. The van der Waals surface area contributed by atoms with Crippen LogP contribution < -0.4 is 104 Å². The summed E-state index contributed by atoms with van der Waals surface area (Å²) in [6.45, 7) is 0. The Bertz CT molecular complexity index is 3090. The quantitative estimate of drug-likeness (QED) is 0.0777. The fraction of sp³-hybridized carbons (Fsp3) is 0. The SMILES string of the molecule is F.F.F.F.F.F.[O]=[Sb]([O-])[O-].[O]=[Sb]([O-])[O-].[O]=[Sb]([O-])[O-].[O]=[Sb]([O-])[O-].[O]=[Sb]([O-])[O-].[O]=[Sb]([O-])[O-].[PH3+]c1ccccc1.[PH3+]c1ccccc1.[PH3+]c1ccccc1.[PH3+]c1ccccc1.[PH3+]c1ccccc1.[PH3+]c1ccccc1.[PH3+]c1ccccc1.[PH3+]c1ccccc1.[PH3+]c1ccccc1.[PH3+]c1ccccc1.[PH3+]c1ccccc1.[PH3+]c1ccccc1. The third-order valence-corrected chi connectivity index (χ3v) is 15.8. The van der Waals surface area contributed by atoms with Gasteiger partial charge in [0.1, 0.15) is 0 Å². The van der Waals surface area contributed by atoms with Crippen molar-refractivity contribution in [2.75, 3.05) is 0 Å². The summed E-state index contributed by atoms with van der Waals surface area (Å²) in [6, 6.07) is 124. The van der Waals surface area contributed by atoms with Crippen LogP contribution in [0.3, 0.4) is 0 Å². The third-order valence-electron chi connectivity index (χ3n) is 10.1. The molecule has 0 spiro atoms. The van der Waals surface area contributed by atoms with Crippen molar-refractivity contribution in [2.24, 2.45) is 0 Å². The molecule has 42 heteroatoms. The van der Waals surface area contributed by atoms with Crippen molar-refractivity contribution in [1.29, 1.82) is 0 Å². The van der Waals surface area contributed by atoms with E-state index in [-0.39, 0.29) is 28.2 Å². The molecule has 0 heterocycles. The Kier molecular flexibility index (Phi) is 131. The van der Waals surface area contributed by atoms with Gasteiger partial charge in [0.05, 0.1) is 63.7 Å². The standard InChI is InChI=1S/12C6H7P.6FH.18O.6Sb/c12*7-6-4-2-1-3-5-6;;;;;;;;;;;;;;;;;;;;;;;;;;;;;;/h12*1-5H,7H2;6*1H;;;;;;;;;;;;;;;;;;;;;;;;/q;;;;;;;;;;;;;;;;;;;;;;;;12*-1;;;;;;/p+12. The molecule has 0 amide bonds. The van der Waals surface area contributed by atoms with Crippen molar-refractivity contribution in [2.45, 2.75) is 0 Å². The van der Waals surface area contributed by atoms with Gasteiger partial charge in [-0.3, -0.25) is 28.2 Å². The Hall–Kier alpha value is -1.39. The van der Waals surface area contributed by atoms with E-state index in [1.54, 1.807) is 0 Å². The van der Waals surface area contributed by atoms with Gasteiger partial charge in [-0.1, -0.05) is 218 Å². The second-order valence-corrected chi connectivity index (χ2v) is 36.6. The van der Waals surface area contributed by atoms with E-state index >= 15 is 0 Å². The maximum absolute atomic E-state index is 8.60. The molecule has 0 aliphatic rings. The van der Waals surface area contributed by atoms with Crippen LogP contribution in [0.2, 0.25) is 0 Å². The third kappa shape index (κ3) is 148. The molecule has 0 fully saturated rings. The Labute approximate surface area is 742 Å². The summed E-state index contributed by atoms with van der Waals surface area (Å²) < 4.78 is 155. The smallest absolute Gasteiger partial charge is 0.0620 e. The first-order valence-electron chi connectivity index (χ1n) is 30.5. The first-order valence-corrected chi connectivity index (χ1v) is 57.7. The van der Waals surface area contributed by atoms with Crippen LogP contribution in [0, 0.1) is 0 Å². The minimum absolute atomic E-state index is 0. The summed E-state index contributed by atoms with van der Waals surface area (Å²) in [5.74, 6) is 0. The van der Waals surface area contributed by atoms with Crippen LogP contribution in [0.4, 0.5) is 28.2 Å². The zero-order valence-corrected chi connectivity index (χ0v) is 93.9. The summed E-state index contributed by atoms with van der Waals surface area (Å²) in [4.78, 5) is 0. The summed E-state index contributed by atoms with van der Waals surface area (Å²) >= 11 is -25.2. The number of benzene rings is 12. The molecular weight excluding hydrogens is 2370 g/mol. The first kappa shape index (κ1) is 139. The van der Waals surface area contributed by atoms with Gasteiger partial charge in [-0.25, -0.2) is 0 Å². The maximum atomic E-state index is 8.60. The van der Waals surface area contributed by atoms with Crippen molar-refractivity contribution in [3.05, 3.63) is 364 Å². The number of rotatable bonds is 0. The number of hydrogen-bond donors (Lipinski definition) is 0. The molecule has 0 saturated heterocycles. The predicted molar refractivity (Wildman–Crippen MR) is 500 cm³/mol. The van der Waals surface area contributed by atoms with E-state index in [9.17, 15) is 0 Å². The van der Waals surface area contributed by atoms with Crippen LogP contribution in [0.5, 0.6) is 0 Å². The molecule has 12 aromatic carbocycles. The van der Waals surface area contributed by atoms with E-state index < -0.39 is 126 Å². The van der Waals surface area contributed by atoms with Gasteiger partial charge in [-0.05, 0) is 146 Å². The fourth-order valence-electron chi connectivity index (χ4n) is 5.74. The number of halogens is 6. The zero-order valence-electron chi connectivity index (χ0n) is 61.6. The van der Waals surface area contributed by atoms with Crippen LogP contribution in [-0.2, 0) is 18.1 Å². The Morgan fingerprint density at radius 3 is 0.175 bits per heavy atom. The van der Waals surface area contributed by atoms with E-state index in [1.807, 2.05) is 329 Å². The summed E-state index contributed by atoms with van der Waals surface area (Å²) in [6.07, 6.45) is 0. The molecule has 12 aromatic rings. The van der Waals surface area contributed by atoms with E-state index in [0.29, 0.717) is 0 Å². The van der Waals surface area contributed by atoms with Gasteiger partial charge in [0.15, 0.2) is 0 Å². The van der Waals surface area contributed by atoms with Gasteiger partial charge in [0.25, 0.3) is 0 Å². The molecule has 0 saturated carbocycles. The van der Waals surface area contributed by atoms with Gasteiger partial charge in [-0.2, -0.15) is 0 Å². The topological polar surface area (TPSA) is 379 Å². The van der Waals surface area contributed by atoms with E-state index in [1.165, 1.54) is 63.7 Å². The Morgan fingerprint density at radius 1 is 0.123 bits per heavy atom. The molecule has 12 atom stereocenters. The molecule has 6 radical (unpaired) electrons. The molecular formula is C72H102F6O18P12Sb6. The molecule has 0 aliphatic heterocycles. The molecule has 18 nitrogen and oxygen atoms in total. The molecule has 630 valence electrons. The predicted octanol–water partition coefficient (Wildman–Crippen LogP) is -5.32. The van der Waals surface area contributed by atoms with Gasteiger partial charge in [0, 0.05) is 111 Å². The van der Waals surface area contributed by atoms with Crippen LogP contribution in [0.25, 0.3) is 0 Å². The van der Waals surface area contributed by atoms with Crippen molar-refractivity contribution in [3.63, 3.8) is 0 Å². The summed E-state index contributed by atoms with van der Waals surface area (Å²) in [7, 11) is 22.8. The number of hydrogen-bond acceptors (Lipinski definition) is 18. The van der Waals surface area contributed by atoms with Crippen LogP contribution in [0.1, 0.15) is 0 Å². The molecule has 0 aliphatic carbocycles. The summed E-state index contributed by atoms with van der Waals surface area (Å²) in [5, 5.41) is 16.2. The first-order chi connectivity index (χ1) is 51.1. The average molecular weight is 2470 g/mol. The maximum Gasteiger partial charge on any atom is 0.0865 e. The summed E-state index contributed by atoms with van der Waals surface area (Å²) in [5.41, 5.74) is 0. The monoisotopic (exact) mass is 2470 g/mol. The van der Waals surface area contributed by atoms with Crippen molar-refractivity contribution >= 4 is 301 Å². The van der Waals surface area contributed by atoms with E-state index in [0.717, 1.165) is 0 Å². The zero-order chi connectivity index (χ0) is 82.8. The minimum Gasteiger partial charge on any atom is -0.0620 e. The normalized spacial score (nSPS) is 8.11. The molecule has 12 unspecified atom stereocenters. The van der Waals surface area contributed by atoms with Crippen molar-refractivity contribution in [1.82, 2.24) is 0 Å². The van der Waals surface area contributed by atoms with Gasteiger partial charge in [-0.15, -0.1) is 0 Å². The fourth-order valence-corrected chi connectivity index (χ4v) is 9.00. The Morgan fingerprint density at radius 2 is 0.158 bits per heavy atom. The van der Waals surface area contributed by atoms with Crippen molar-refractivity contribution < 1.29 is 87.0 Å². The van der Waals surface area contributed by atoms with E-state index in [2.05, 4.69) is 146 Å². The van der Waals surface area contributed by atoms with Crippen LogP contribution in [0.15, 0.2) is 364 Å². The van der Waals surface area contributed by atoms with Gasteiger partial charge in [0.2, 0.25) is 0 Å². The second-order valence-electron chi connectivity index (χ2n) is 19.2. The van der Waals surface area contributed by atoms with Gasteiger partial charge >= 0.3 is 185 Å². The molecule has 0 N–H and O–H groups in total. The molecule has 0 aromatic heterocycles. The Balaban J connectivity index is -0.0000000968. The molecule has 12 rings (SSSR count). The van der Waals surface area contributed by atoms with Crippen molar-refractivity contribution in [3.8, 4) is 0 Å². The minimum atomic E-state index is -4.20. The van der Waals surface area contributed by atoms with Crippen LogP contribution >= 0.6 is 111 Å². The second kappa shape index (κ2) is 108. The molecule has 0 bridgehead atoms. The van der Waals surface area contributed by atoms with Crippen LogP contribution in [-0.4, -0.2) is 126 Å². The van der Waals surface area contributed by atoms with Gasteiger partial charge < -0.3 is 0 Å². The molecule has 114 heavy (non-hydrogen) atoms. The largest absolute Gasteiger partial charge is 0.0865 e. The van der Waals surface area contributed by atoms with E-state index in [4.69, 9.17) is 58.7 Å².